The largest absolute Gasteiger partial charge is 0.476 e. The summed E-state index contributed by atoms with van der Waals surface area (Å²) in [4.78, 5) is 24.1. The topological polar surface area (TPSA) is 185 Å². The number of nitrogens with zero attached hydrogens (tertiary/aromatic N) is 8. The number of ether oxygens (including phenoxy) is 1. The average molecular weight is 446 g/mol. The molecule has 170 valence electrons. The van der Waals surface area contributed by atoms with Crippen LogP contribution in [0.5, 0.6) is 0 Å². The SMILES string of the molecule is O=C(O)c1cn(-c2ncc3ncn(N(C4CCCC4)C4O[C@H](CO)[C@@H](O)[C@@H]4O)c3n2)nn1. The van der Waals surface area contributed by atoms with Gasteiger partial charge in [-0.05, 0) is 12.8 Å². The van der Waals surface area contributed by atoms with Crippen LogP contribution >= 0.6 is 0 Å². The summed E-state index contributed by atoms with van der Waals surface area (Å²) in [6.07, 6.45) is 3.56. The van der Waals surface area contributed by atoms with Gasteiger partial charge in [0.05, 0.1) is 19.0 Å². The number of imidazole rings is 1. The van der Waals surface area contributed by atoms with Crippen LogP contribution in [0.3, 0.4) is 0 Å². The quantitative estimate of drug-likeness (QED) is 0.341. The molecule has 2 aliphatic rings. The highest BCUT2D eigenvalue weighted by Gasteiger charge is 2.48. The van der Waals surface area contributed by atoms with E-state index in [2.05, 4.69) is 25.3 Å². The highest BCUT2D eigenvalue weighted by molar-refractivity contribution is 5.84. The third-order valence-electron chi connectivity index (χ3n) is 5.90. The van der Waals surface area contributed by atoms with Gasteiger partial charge >= 0.3 is 5.97 Å². The van der Waals surface area contributed by atoms with Crippen LogP contribution in [0.4, 0.5) is 0 Å². The molecule has 4 heterocycles. The lowest BCUT2D eigenvalue weighted by atomic mass is 10.1. The number of rotatable bonds is 6. The monoisotopic (exact) mass is 446 g/mol. The fraction of sp³-hybridized carbons (Fsp3) is 0.556. The van der Waals surface area contributed by atoms with Crippen LogP contribution in [-0.2, 0) is 4.74 Å². The lowest BCUT2D eigenvalue weighted by Gasteiger charge is -2.37. The predicted molar refractivity (Wildman–Crippen MR) is 105 cm³/mol. The van der Waals surface area contributed by atoms with Gasteiger partial charge in [0, 0.05) is 6.04 Å². The van der Waals surface area contributed by atoms with Gasteiger partial charge in [-0.25, -0.2) is 19.4 Å². The van der Waals surface area contributed by atoms with Crippen molar-refractivity contribution >= 4 is 17.1 Å². The maximum absolute atomic E-state index is 11.1. The van der Waals surface area contributed by atoms with Crippen molar-refractivity contribution in [3.63, 3.8) is 0 Å². The van der Waals surface area contributed by atoms with Crippen molar-refractivity contribution in [2.24, 2.45) is 0 Å². The molecule has 4 N–H and O–H groups in total. The molecule has 0 aromatic carbocycles. The summed E-state index contributed by atoms with van der Waals surface area (Å²) >= 11 is 0. The first-order chi connectivity index (χ1) is 15.5. The Balaban J connectivity index is 1.57. The standard InChI is InChI=1S/C18H22N8O6/c27-7-12-13(28)14(29)16(32-12)26(9-3-1-2-4-9)25-8-20-10-5-19-18(21-15(10)25)24-6-11(17(30)31)22-23-24/h5-6,8-9,12-14,16,27-29H,1-4,7H2,(H,30,31)/t12-,13-,14+,16?/m1/s1. The molecule has 1 saturated carbocycles. The first-order valence-electron chi connectivity index (χ1n) is 10.2. The average Bonchev–Trinajstić information content (AvgIpc) is 3.58. The van der Waals surface area contributed by atoms with E-state index in [1.54, 1.807) is 9.69 Å². The zero-order chi connectivity index (χ0) is 22.4. The van der Waals surface area contributed by atoms with E-state index < -0.39 is 37.1 Å². The van der Waals surface area contributed by atoms with E-state index in [-0.39, 0.29) is 17.7 Å². The summed E-state index contributed by atoms with van der Waals surface area (Å²) in [5.74, 6) is -1.13. The number of hydrogen-bond donors (Lipinski definition) is 4. The Morgan fingerprint density at radius 2 is 2.00 bits per heavy atom. The smallest absolute Gasteiger partial charge is 0.358 e. The Labute approximate surface area is 180 Å². The second-order valence-corrected chi connectivity index (χ2v) is 7.87. The Bertz CT molecular complexity index is 1130. The first kappa shape index (κ1) is 20.7. The van der Waals surface area contributed by atoms with Crippen molar-refractivity contribution in [3.05, 3.63) is 24.4 Å². The van der Waals surface area contributed by atoms with Crippen LogP contribution < -0.4 is 5.01 Å². The molecule has 0 spiro atoms. The van der Waals surface area contributed by atoms with Crippen molar-refractivity contribution in [1.82, 2.24) is 34.6 Å². The van der Waals surface area contributed by atoms with Gasteiger partial charge in [-0.2, -0.15) is 9.67 Å². The summed E-state index contributed by atoms with van der Waals surface area (Å²) in [5.41, 5.74) is 0.593. The Morgan fingerprint density at radius 3 is 2.66 bits per heavy atom. The van der Waals surface area contributed by atoms with E-state index >= 15 is 0 Å². The predicted octanol–water partition coefficient (Wildman–Crippen LogP) is -1.58. The molecule has 0 amide bonds. The highest BCUT2D eigenvalue weighted by Crippen LogP contribution is 2.31. The van der Waals surface area contributed by atoms with Crippen molar-refractivity contribution in [2.75, 3.05) is 11.6 Å². The van der Waals surface area contributed by atoms with Gasteiger partial charge in [0.1, 0.15) is 30.2 Å². The van der Waals surface area contributed by atoms with Gasteiger partial charge in [-0.15, -0.1) is 5.10 Å². The van der Waals surface area contributed by atoms with Gasteiger partial charge < -0.3 is 25.2 Å². The number of aliphatic hydroxyl groups is 3. The van der Waals surface area contributed by atoms with Crippen molar-refractivity contribution in [1.29, 1.82) is 0 Å². The molecule has 4 atom stereocenters. The number of carbonyl (C=O) groups is 1. The molecule has 2 fully saturated rings. The van der Waals surface area contributed by atoms with Crippen molar-refractivity contribution < 1.29 is 30.0 Å². The summed E-state index contributed by atoms with van der Waals surface area (Å²) in [7, 11) is 0. The summed E-state index contributed by atoms with van der Waals surface area (Å²) < 4.78 is 8.61. The van der Waals surface area contributed by atoms with Gasteiger partial charge in [0.2, 0.25) is 0 Å². The maximum Gasteiger partial charge on any atom is 0.358 e. The number of aromatic carboxylic acids is 1. The molecule has 14 nitrogen and oxygen atoms in total. The van der Waals surface area contributed by atoms with E-state index in [0.717, 1.165) is 30.4 Å². The lowest BCUT2D eigenvalue weighted by Crippen LogP contribution is -2.54. The molecule has 3 aromatic rings. The molecule has 14 heteroatoms. The number of hydrogen-bond acceptors (Lipinski definition) is 11. The third kappa shape index (κ3) is 3.37. The maximum atomic E-state index is 11.1. The zero-order valence-corrected chi connectivity index (χ0v) is 16.8. The molecule has 1 saturated heterocycles. The van der Waals surface area contributed by atoms with E-state index in [9.17, 15) is 20.1 Å². The molecule has 0 bridgehead atoms. The Hall–Kier alpha value is -3.20. The third-order valence-corrected chi connectivity index (χ3v) is 5.90. The molecular weight excluding hydrogens is 424 g/mol. The molecular formula is C18H22N8O6. The van der Waals surface area contributed by atoms with E-state index in [0.29, 0.717) is 11.2 Å². The second-order valence-electron chi connectivity index (χ2n) is 7.87. The van der Waals surface area contributed by atoms with E-state index in [1.165, 1.54) is 18.7 Å². The van der Waals surface area contributed by atoms with Gasteiger partial charge in [0.25, 0.3) is 5.95 Å². The number of fused-ring (bicyclic) bond motifs is 1. The minimum absolute atomic E-state index is 0.0138. The Morgan fingerprint density at radius 1 is 1.22 bits per heavy atom. The molecule has 5 rings (SSSR count). The van der Waals surface area contributed by atoms with E-state index in [1.807, 2.05) is 0 Å². The van der Waals surface area contributed by atoms with E-state index in [4.69, 9.17) is 9.84 Å². The van der Waals surface area contributed by atoms with Gasteiger partial charge in [-0.3, -0.25) is 5.01 Å². The van der Waals surface area contributed by atoms with Crippen molar-refractivity contribution in [3.8, 4) is 5.95 Å². The number of aliphatic hydroxyl groups excluding tert-OH is 3. The summed E-state index contributed by atoms with van der Waals surface area (Å²) in [6, 6.07) is -0.0138. The molecule has 1 aliphatic carbocycles. The highest BCUT2D eigenvalue weighted by atomic mass is 16.6. The lowest BCUT2D eigenvalue weighted by molar-refractivity contribution is -0.0326. The fourth-order valence-corrected chi connectivity index (χ4v) is 4.30. The summed E-state index contributed by atoms with van der Waals surface area (Å²) in [6.45, 7) is -0.428. The van der Waals surface area contributed by atoms with Gasteiger partial charge in [0.15, 0.2) is 17.6 Å². The van der Waals surface area contributed by atoms with Crippen LogP contribution in [-0.4, -0.2) is 98.2 Å². The normalized spacial score (nSPS) is 26.2. The van der Waals surface area contributed by atoms with Crippen LogP contribution in [0.2, 0.25) is 0 Å². The second kappa shape index (κ2) is 8.05. The van der Waals surface area contributed by atoms with Crippen molar-refractivity contribution in [2.45, 2.75) is 56.3 Å². The van der Waals surface area contributed by atoms with Crippen LogP contribution in [0.1, 0.15) is 36.2 Å². The van der Waals surface area contributed by atoms with Crippen LogP contribution in [0, 0.1) is 0 Å². The van der Waals surface area contributed by atoms with Crippen LogP contribution in [0.15, 0.2) is 18.7 Å². The first-order valence-corrected chi connectivity index (χ1v) is 10.2. The molecule has 1 aliphatic heterocycles. The zero-order valence-electron chi connectivity index (χ0n) is 16.8. The Kier molecular flexibility index (Phi) is 5.21. The molecule has 32 heavy (non-hydrogen) atoms. The van der Waals surface area contributed by atoms with Gasteiger partial charge in [-0.1, -0.05) is 18.1 Å². The number of carboxylic acid groups (broad SMARTS) is 1. The minimum Gasteiger partial charge on any atom is -0.476 e. The summed E-state index contributed by atoms with van der Waals surface area (Å²) in [5, 5.41) is 48.7. The molecule has 3 aromatic heterocycles. The minimum atomic E-state index is -1.25. The van der Waals surface area contributed by atoms with Crippen LogP contribution in [0.25, 0.3) is 17.1 Å². The number of aromatic nitrogens is 7. The molecule has 1 unspecified atom stereocenters. The fourth-order valence-electron chi connectivity index (χ4n) is 4.30. The number of carboxylic acids is 1. The molecule has 0 radical (unpaired) electrons.